The third-order valence-corrected chi connectivity index (χ3v) is 5.91. The molecule has 2 rings (SSSR count). The normalized spacial score (nSPS) is 12.4. The van der Waals surface area contributed by atoms with Crippen LogP contribution in [0.5, 0.6) is 0 Å². The molecular weight excluding hydrogens is 426 g/mol. The molecule has 1 unspecified atom stereocenters. The van der Waals surface area contributed by atoms with Crippen LogP contribution in [0.25, 0.3) is 0 Å². The maximum atomic E-state index is 13.5. The molecule has 0 N–H and O–H groups in total. The first-order valence-electron chi connectivity index (χ1n) is 12.3. The van der Waals surface area contributed by atoms with E-state index in [-0.39, 0.29) is 29.7 Å². The minimum atomic E-state index is -0.0423. The number of ether oxygens (including phenoxy) is 1. The number of amides is 2. The first-order chi connectivity index (χ1) is 16.1. The maximum Gasteiger partial charge on any atom is 0.242 e. The number of carbonyl (C=O) groups is 2. The van der Waals surface area contributed by atoms with E-state index >= 15 is 0 Å². The van der Waals surface area contributed by atoms with Gasteiger partial charge >= 0.3 is 0 Å². The average molecular weight is 470 g/mol. The van der Waals surface area contributed by atoms with E-state index in [0.29, 0.717) is 39.1 Å². The summed E-state index contributed by atoms with van der Waals surface area (Å²) in [7, 11) is 3.64. The highest BCUT2D eigenvalue weighted by Gasteiger charge is 2.25. The number of carbonyl (C=O) groups excluding carboxylic acids is 2. The fourth-order valence-electron chi connectivity index (χ4n) is 4.39. The zero-order valence-corrected chi connectivity index (χ0v) is 21.9. The molecule has 0 saturated heterocycles. The molecule has 1 heterocycles. The number of aromatic nitrogens is 1. The first kappa shape index (κ1) is 27.6. The van der Waals surface area contributed by atoms with Crippen LogP contribution in [0.2, 0.25) is 0 Å². The molecule has 2 aromatic rings. The second kappa shape index (κ2) is 13.3. The van der Waals surface area contributed by atoms with E-state index in [2.05, 4.69) is 27.7 Å². The monoisotopic (exact) mass is 469 g/mol. The lowest BCUT2D eigenvalue weighted by atomic mass is 9.84. The lowest BCUT2D eigenvalue weighted by Gasteiger charge is -2.29. The van der Waals surface area contributed by atoms with Crippen molar-refractivity contribution in [1.29, 1.82) is 0 Å². The molecular formula is C28H43N3O3. The second-order valence-electron chi connectivity index (χ2n) is 10.6. The van der Waals surface area contributed by atoms with Crippen molar-refractivity contribution in [2.75, 3.05) is 26.8 Å². The topological polar surface area (TPSA) is 54.8 Å². The highest BCUT2D eigenvalue weighted by Crippen LogP contribution is 2.26. The van der Waals surface area contributed by atoms with Gasteiger partial charge in [-0.25, -0.2) is 0 Å². The van der Waals surface area contributed by atoms with Crippen LogP contribution in [-0.2, 0) is 34.5 Å². The van der Waals surface area contributed by atoms with Gasteiger partial charge in [-0.15, -0.1) is 0 Å². The van der Waals surface area contributed by atoms with Crippen LogP contribution in [0.4, 0.5) is 0 Å². The van der Waals surface area contributed by atoms with Gasteiger partial charge in [0.2, 0.25) is 11.8 Å². The van der Waals surface area contributed by atoms with Crippen LogP contribution in [0.15, 0.2) is 48.7 Å². The number of methoxy groups -OCH3 is 1. The smallest absolute Gasteiger partial charge is 0.242 e. The van der Waals surface area contributed by atoms with Gasteiger partial charge < -0.3 is 19.1 Å². The van der Waals surface area contributed by atoms with E-state index < -0.39 is 0 Å². The molecule has 2 amide bonds. The van der Waals surface area contributed by atoms with Crippen molar-refractivity contribution < 1.29 is 14.3 Å². The number of benzene rings is 1. The summed E-state index contributed by atoms with van der Waals surface area (Å²) in [6.45, 7) is 10.9. The fourth-order valence-corrected chi connectivity index (χ4v) is 4.39. The minimum Gasteiger partial charge on any atom is -0.385 e. The number of rotatable bonds is 13. The number of aryl methyl sites for hydroxylation is 1. The first-order valence-corrected chi connectivity index (χ1v) is 12.3. The molecule has 1 aromatic heterocycles. The van der Waals surface area contributed by atoms with Crippen LogP contribution < -0.4 is 0 Å². The summed E-state index contributed by atoms with van der Waals surface area (Å²) < 4.78 is 7.23. The Morgan fingerprint density at radius 3 is 2.29 bits per heavy atom. The molecule has 0 aliphatic rings. The fraction of sp³-hybridized carbons (Fsp3) is 0.571. The van der Waals surface area contributed by atoms with Crippen molar-refractivity contribution in [3.63, 3.8) is 0 Å². The van der Waals surface area contributed by atoms with Gasteiger partial charge in [0.25, 0.3) is 0 Å². The van der Waals surface area contributed by atoms with Gasteiger partial charge in [0, 0.05) is 52.2 Å². The van der Waals surface area contributed by atoms with Gasteiger partial charge in [0.05, 0.1) is 13.1 Å². The molecule has 0 saturated carbocycles. The Hall–Kier alpha value is -2.60. The van der Waals surface area contributed by atoms with Crippen LogP contribution >= 0.6 is 0 Å². The molecule has 0 aliphatic heterocycles. The highest BCUT2D eigenvalue weighted by molar-refractivity contribution is 5.85. The standard InChI is InChI=1S/C28H43N3O3/c1-23(19-28(2,3)4)18-26(32)30(16-11-17-34-6)22-27(33)31(20-24-12-8-7-9-13-24)21-25-14-10-15-29(25)5/h7-10,12-15,23H,11,16-22H2,1-6H3. The summed E-state index contributed by atoms with van der Waals surface area (Å²) >= 11 is 0. The van der Waals surface area contributed by atoms with Crippen molar-refractivity contribution in [2.24, 2.45) is 18.4 Å². The summed E-state index contributed by atoms with van der Waals surface area (Å²) in [4.78, 5) is 30.3. The van der Waals surface area contributed by atoms with Gasteiger partial charge in [-0.1, -0.05) is 58.0 Å². The Kier molecular flexibility index (Phi) is 10.8. The third kappa shape index (κ3) is 9.72. The molecule has 6 heteroatoms. The zero-order valence-electron chi connectivity index (χ0n) is 21.9. The van der Waals surface area contributed by atoms with E-state index in [1.165, 1.54) is 0 Å². The molecule has 34 heavy (non-hydrogen) atoms. The van der Waals surface area contributed by atoms with Gasteiger partial charge in [0.1, 0.15) is 0 Å². The van der Waals surface area contributed by atoms with E-state index in [4.69, 9.17) is 4.74 Å². The average Bonchev–Trinajstić information content (AvgIpc) is 3.16. The number of hydrogen-bond acceptors (Lipinski definition) is 3. The molecule has 0 spiro atoms. The zero-order chi connectivity index (χ0) is 25.1. The summed E-state index contributed by atoms with van der Waals surface area (Å²) in [5, 5.41) is 0. The van der Waals surface area contributed by atoms with Crippen molar-refractivity contribution >= 4 is 11.8 Å². The predicted octanol–water partition coefficient (Wildman–Crippen LogP) is 4.88. The maximum absolute atomic E-state index is 13.5. The molecule has 0 bridgehead atoms. The molecule has 0 radical (unpaired) electrons. The van der Waals surface area contributed by atoms with E-state index in [9.17, 15) is 9.59 Å². The van der Waals surface area contributed by atoms with Gasteiger partial charge in [-0.3, -0.25) is 9.59 Å². The van der Waals surface area contributed by atoms with E-state index in [1.54, 1.807) is 12.0 Å². The molecule has 0 fully saturated rings. The van der Waals surface area contributed by atoms with Gasteiger partial charge in [-0.2, -0.15) is 0 Å². The van der Waals surface area contributed by atoms with Crippen molar-refractivity contribution in [3.05, 3.63) is 59.9 Å². The van der Waals surface area contributed by atoms with E-state index in [1.807, 2.05) is 65.2 Å². The Labute approximate surface area is 205 Å². The van der Waals surface area contributed by atoms with Crippen molar-refractivity contribution in [3.8, 4) is 0 Å². The Bertz CT molecular complexity index is 886. The van der Waals surface area contributed by atoms with Gasteiger partial charge in [-0.05, 0) is 41.9 Å². The van der Waals surface area contributed by atoms with Crippen LogP contribution in [0.3, 0.4) is 0 Å². The minimum absolute atomic E-state index is 0.0414. The summed E-state index contributed by atoms with van der Waals surface area (Å²) in [6, 6.07) is 14.0. The van der Waals surface area contributed by atoms with Crippen molar-refractivity contribution in [2.45, 2.75) is 60.0 Å². The summed E-state index contributed by atoms with van der Waals surface area (Å²) in [6.07, 6.45) is 4.11. The Balaban J connectivity index is 2.15. The van der Waals surface area contributed by atoms with Gasteiger partial charge in [0.15, 0.2) is 0 Å². The molecule has 188 valence electrons. The lowest BCUT2D eigenvalue weighted by Crippen LogP contribution is -2.43. The molecule has 0 aliphatic carbocycles. The Morgan fingerprint density at radius 2 is 1.71 bits per heavy atom. The Morgan fingerprint density at radius 1 is 1.00 bits per heavy atom. The number of nitrogens with zero attached hydrogens (tertiary/aromatic N) is 3. The molecule has 1 atom stereocenters. The lowest BCUT2D eigenvalue weighted by molar-refractivity contribution is -0.142. The largest absolute Gasteiger partial charge is 0.385 e. The second-order valence-corrected chi connectivity index (χ2v) is 10.6. The summed E-state index contributed by atoms with van der Waals surface area (Å²) in [5.41, 5.74) is 2.29. The summed E-state index contributed by atoms with van der Waals surface area (Å²) in [5.74, 6) is 0.260. The van der Waals surface area contributed by atoms with Crippen LogP contribution in [0, 0.1) is 11.3 Å². The van der Waals surface area contributed by atoms with Crippen LogP contribution in [0.1, 0.15) is 58.2 Å². The molecule has 1 aromatic carbocycles. The van der Waals surface area contributed by atoms with Crippen LogP contribution in [-0.4, -0.2) is 53.0 Å². The third-order valence-electron chi connectivity index (χ3n) is 5.91. The quantitative estimate of drug-likeness (QED) is 0.393. The predicted molar refractivity (Wildman–Crippen MR) is 137 cm³/mol. The SMILES string of the molecule is COCCCN(CC(=O)N(Cc1ccccc1)Cc1cccn1C)C(=O)CC(C)CC(C)(C)C. The molecule has 6 nitrogen and oxygen atoms in total. The van der Waals surface area contributed by atoms with E-state index in [0.717, 1.165) is 17.7 Å². The van der Waals surface area contributed by atoms with Crippen molar-refractivity contribution in [1.82, 2.24) is 14.4 Å². The number of hydrogen-bond donors (Lipinski definition) is 0. The highest BCUT2D eigenvalue weighted by atomic mass is 16.5.